The Balaban J connectivity index is 1.82. The van der Waals surface area contributed by atoms with E-state index in [1.807, 2.05) is 18.2 Å². The standard InChI is InChI=1S/C18H21NO2/c1-18(12-21-13-18)11-19-17(14-5-3-2-4-6-14)15-7-9-16(20)10-8-15/h2-10,17,19-20H,11-13H2,1H3. The van der Waals surface area contributed by atoms with E-state index < -0.39 is 0 Å². The van der Waals surface area contributed by atoms with Gasteiger partial charge in [-0.2, -0.15) is 0 Å². The molecule has 2 aromatic carbocycles. The molecule has 0 radical (unpaired) electrons. The summed E-state index contributed by atoms with van der Waals surface area (Å²) in [5.41, 5.74) is 2.61. The molecule has 0 saturated carbocycles. The van der Waals surface area contributed by atoms with Gasteiger partial charge < -0.3 is 15.2 Å². The van der Waals surface area contributed by atoms with Crippen molar-refractivity contribution >= 4 is 0 Å². The monoisotopic (exact) mass is 283 g/mol. The topological polar surface area (TPSA) is 41.5 Å². The zero-order valence-corrected chi connectivity index (χ0v) is 12.3. The minimum atomic E-state index is 0.129. The van der Waals surface area contributed by atoms with E-state index in [9.17, 15) is 5.11 Å². The predicted octanol–water partition coefficient (Wildman–Crippen LogP) is 3.11. The van der Waals surface area contributed by atoms with Gasteiger partial charge >= 0.3 is 0 Å². The molecular formula is C18H21NO2. The Labute approximate surface area is 125 Å². The van der Waals surface area contributed by atoms with Crippen LogP contribution in [0.4, 0.5) is 0 Å². The molecule has 110 valence electrons. The highest BCUT2D eigenvalue weighted by Crippen LogP contribution is 2.29. The second kappa shape index (κ2) is 5.88. The normalized spacial score (nSPS) is 18.0. The summed E-state index contributed by atoms with van der Waals surface area (Å²) in [7, 11) is 0. The first-order valence-corrected chi connectivity index (χ1v) is 7.31. The van der Waals surface area contributed by atoms with Gasteiger partial charge in [-0.1, -0.05) is 49.4 Å². The highest BCUT2D eigenvalue weighted by atomic mass is 16.5. The minimum absolute atomic E-state index is 0.129. The molecule has 0 amide bonds. The number of phenols is 1. The van der Waals surface area contributed by atoms with Gasteiger partial charge in [0.1, 0.15) is 5.75 Å². The molecule has 21 heavy (non-hydrogen) atoms. The molecular weight excluding hydrogens is 262 g/mol. The Bertz CT molecular complexity index is 576. The molecule has 0 bridgehead atoms. The van der Waals surface area contributed by atoms with Gasteiger partial charge in [0.05, 0.1) is 19.3 Å². The zero-order valence-electron chi connectivity index (χ0n) is 12.3. The molecule has 1 unspecified atom stereocenters. The van der Waals surface area contributed by atoms with Gasteiger partial charge in [0, 0.05) is 12.0 Å². The van der Waals surface area contributed by atoms with Crippen LogP contribution in [-0.2, 0) is 4.74 Å². The van der Waals surface area contributed by atoms with Crippen LogP contribution in [0.5, 0.6) is 5.75 Å². The van der Waals surface area contributed by atoms with E-state index in [0.717, 1.165) is 25.3 Å². The highest BCUT2D eigenvalue weighted by Gasteiger charge is 2.33. The fraction of sp³-hybridized carbons (Fsp3) is 0.333. The van der Waals surface area contributed by atoms with Crippen LogP contribution >= 0.6 is 0 Å². The van der Waals surface area contributed by atoms with E-state index >= 15 is 0 Å². The van der Waals surface area contributed by atoms with Crippen molar-refractivity contribution in [2.45, 2.75) is 13.0 Å². The summed E-state index contributed by atoms with van der Waals surface area (Å²) in [6.07, 6.45) is 0. The van der Waals surface area contributed by atoms with Crippen molar-refractivity contribution in [2.75, 3.05) is 19.8 Å². The summed E-state index contributed by atoms with van der Waals surface area (Å²) in [6.45, 7) is 4.78. The second-order valence-corrected chi connectivity index (χ2v) is 6.12. The molecule has 3 heteroatoms. The van der Waals surface area contributed by atoms with Gasteiger partial charge in [-0.3, -0.25) is 0 Å². The van der Waals surface area contributed by atoms with Crippen LogP contribution in [0.1, 0.15) is 24.1 Å². The maximum atomic E-state index is 9.48. The van der Waals surface area contributed by atoms with Gasteiger partial charge in [-0.05, 0) is 23.3 Å². The van der Waals surface area contributed by atoms with E-state index in [4.69, 9.17) is 4.74 Å². The third-order valence-corrected chi connectivity index (χ3v) is 3.99. The van der Waals surface area contributed by atoms with Crippen molar-refractivity contribution in [1.29, 1.82) is 0 Å². The molecule has 1 fully saturated rings. The molecule has 2 N–H and O–H groups in total. The Hall–Kier alpha value is -1.84. The number of hydrogen-bond acceptors (Lipinski definition) is 3. The van der Waals surface area contributed by atoms with Crippen molar-refractivity contribution in [2.24, 2.45) is 5.41 Å². The number of benzene rings is 2. The third-order valence-electron chi connectivity index (χ3n) is 3.99. The lowest BCUT2D eigenvalue weighted by Gasteiger charge is -2.39. The van der Waals surface area contributed by atoms with Crippen molar-refractivity contribution in [3.63, 3.8) is 0 Å². The first-order chi connectivity index (χ1) is 10.2. The van der Waals surface area contributed by atoms with E-state index in [0.29, 0.717) is 5.75 Å². The Morgan fingerprint density at radius 3 is 2.24 bits per heavy atom. The molecule has 2 aromatic rings. The lowest BCUT2D eigenvalue weighted by molar-refractivity contribution is -0.0997. The van der Waals surface area contributed by atoms with Crippen molar-refractivity contribution in [3.05, 3.63) is 65.7 Å². The number of nitrogens with one attached hydrogen (secondary N) is 1. The van der Waals surface area contributed by atoms with Gasteiger partial charge in [0.2, 0.25) is 0 Å². The Kier molecular flexibility index (Phi) is 3.95. The minimum Gasteiger partial charge on any atom is -0.508 e. The molecule has 0 spiro atoms. The summed E-state index contributed by atoms with van der Waals surface area (Å²) in [5, 5.41) is 13.1. The SMILES string of the molecule is CC1(CNC(c2ccccc2)c2ccc(O)cc2)COC1. The van der Waals surface area contributed by atoms with Crippen LogP contribution in [0, 0.1) is 5.41 Å². The van der Waals surface area contributed by atoms with Crippen molar-refractivity contribution in [3.8, 4) is 5.75 Å². The van der Waals surface area contributed by atoms with Gasteiger partial charge in [0.15, 0.2) is 0 Å². The Morgan fingerprint density at radius 1 is 1.05 bits per heavy atom. The largest absolute Gasteiger partial charge is 0.508 e. The quantitative estimate of drug-likeness (QED) is 0.886. The molecule has 3 nitrogen and oxygen atoms in total. The number of aromatic hydroxyl groups is 1. The first-order valence-electron chi connectivity index (χ1n) is 7.31. The van der Waals surface area contributed by atoms with E-state index in [1.54, 1.807) is 12.1 Å². The molecule has 3 rings (SSSR count). The zero-order chi connectivity index (χ0) is 14.7. The average Bonchev–Trinajstić information content (AvgIpc) is 2.48. The fourth-order valence-electron chi connectivity index (χ4n) is 2.64. The molecule has 1 heterocycles. The highest BCUT2D eigenvalue weighted by molar-refractivity contribution is 5.35. The van der Waals surface area contributed by atoms with Crippen LogP contribution in [0.25, 0.3) is 0 Å². The van der Waals surface area contributed by atoms with Crippen LogP contribution in [0.3, 0.4) is 0 Å². The smallest absolute Gasteiger partial charge is 0.115 e. The fourth-order valence-corrected chi connectivity index (χ4v) is 2.64. The number of ether oxygens (including phenoxy) is 1. The van der Waals surface area contributed by atoms with E-state index in [2.05, 4.69) is 36.5 Å². The summed E-state index contributed by atoms with van der Waals surface area (Å²) < 4.78 is 5.32. The summed E-state index contributed by atoms with van der Waals surface area (Å²) in [6, 6.07) is 17.9. The molecule has 0 aromatic heterocycles. The lowest BCUT2D eigenvalue weighted by Crippen LogP contribution is -2.48. The molecule has 0 aliphatic carbocycles. The Morgan fingerprint density at radius 2 is 1.67 bits per heavy atom. The number of hydrogen-bond donors (Lipinski definition) is 2. The first kappa shape index (κ1) is 14.1. The maximum absolute atomic E-state index is 9.48. The summed E-state index contributed by atoms with van der Waals surface area (Å²) in [4.78, 5) is 0. The van der Waals surface area contributed by atoms with Gasteiger partial charge in [-0.15, -0.1) is 0 Å². The number of phenolic OH excluding ortho intramolecular Hbond substituents is 1. The summed E-state index contributed by atoms with van der Waals surface area (Å²) >= 11 is 0. The summed E-state index contributed by atoms with van der Waals surface area (Å²) in [5.74, 6) is 0.296. The average molecular weight is 283 g/mol. The maximum Gasteiger partial charge on any atom is 0.115 e. The molecule has 1 saturated heterocycles. The van der Waals surface area contributed by atoms with Gasteiger partial charge in [-0.25, -0.2) is 0 Å². The third kappa shape index (κ3) is 3.26. The van der Waals surface area contributed by atoms with Crippen LogP contribution in [0.2, 0.25) is 0 Å². The number of rotatable bonds is 5. The van der Waals surface area contributed by atoms with Crippen molar-refractivity contribution in [1.82, 2.24) is 5.32 Å². The molecule has 1 aliphatic heterocycles. The lowest BCUT2D eigenvalue weighted by atomic mass is 9.87. The van der Waals surface area contributed by atoms with Crippen LogP contribution in [0.15, 0.2) is 54.6 Å². The van der Waals surface area contributed by atoms with Crippen LogP contribution in [-0.4, -0.2) is 24.9 Å². The van der Waals surface area contributed by atoms with E-state index in [-0.39, 0.29) is 11.5 Å². The predicted molar refractivity (Wildman–Crippen MR) is 83.3 cm³/mol. The molecule has 1 aliphatic rings. The van der Waals surface area contributed by atoms with Crippen molar-refractivity contribution < 1.29 is 9.84 Å². The van der Waals surface area contributed by atoms with E-state index in [1.165, 1.54) is 5.56 Å². The van der Waals surface area contributed by atoms with Crippen LogP contribution < -0.4 is 5.32 Å². The van der Waals surface area contributed by atoms with Gasteiger partial charge in [0.25, 0.3) is 0 Å². The molecule has 1 atom stereocenters. The second-order valence-electron chi connectivity index (χ2n) is 6.12.